The minimum Gasteiger partial charge on any atom is -0.311 e. The van der Waals surface area contributed by atoms with Crippen molar-refractivity contribution < 1.29 is 0 Å². The van der Waals surface area contributed by atoms with E-state index in [1.807, 2.05) is 11.3 Å². The van der Waals surface area contributed by atoms with Crippen molar-refractivity contribution in [2.24, 2.45) is 5.92 Å². The Morgan fingerprint density at radius 2 is 2.35 bits per heavy atom. The van der Waals surface area contributed by atoms with Gasteiger partial charge in [-0.2, -0.15) is 11.3 Å². The zero-order valence-corrected chi connectivity index (χ0v) is 12.0. The molecule has 0 aromatic carbocycles. The van der Waals surface area contributed by atoms with Gasteiger partial charge in [0.25, 0.3) is 0 Å². The highest BCUT2D eigenvalue weighted by Gasteiger charge is 2.23. The standard InChI is InChI=1S/C14H24N2S/c1-4-11(2)14-8-16(6-5-15-14)7-13-10-17-9-12(13)3/h9-11,14-15H,4-8H2,1-3H3. The second-order valence-corrected chi connectivity index (χ2v) is 6.00. The number of aryl methyl sites for hydroxylation is 1. The van der Waals surface area contributed by atoms with E-state index < -0.39 is 0 Å². The van der Waals surface area contributed by atoms with Crippen molar-refractivity contribution in [2.45, 2.75) is 39.8 Å². The zero-order chi connectivity index (χ0) is 12.3. The predicted octanol–water partition coefficient (Wildman–Crippen LogP) is 2.88. The van der Waals surface area contributed by atoms with Crippen LogP contribution in [0.3, 0.4) is 0 Å². The molecular weight excluding hydrogens is 228 g/mol. The molecule has 2 heterocycles. The maximum absolute atomic E-state index is 3.65. The van der Waals surface area contributed by atoms with E-state index in [-0.39, 0.29) is 0 Å². The van der Waals surface area contributed by atoms with Crippen molar-refractivity contribution in [1.29, 1.82) is 0 Å². The Kier molecular flexibility index (Phi) is 4.60. The fourth-order valence-corrected chi connectivity index (χ4v) is 3.29. The zero-order valence-electron chi connectivity index (χ0n) is 11.2. The molecule has 0 bridgehead atoms. The van der Waals surface area contributed by atoms with Gasteiger partial charge in [-0.1, -0.05) is 20.3 Å². The number of nitrogens with zero attached hydrogens (tertiary/aromatic N) is 1. The fraction of sp³-hybridized carbons (Fsp3) is 0.714. The van der Waals surface area contributed by atoms with Gasteiger partial charge in [-0.25, -0.2) is 0 Å². The summed E-state index contributed by atoms with van der Waals surface area (Å²) in [5, 5.41) is 8.21. The molecule has 1 aliphatic rings. The van der Waals surface area contributed by atoms with Crippen molar-refractivity contribution in [1.82, 2.24) is 10.2 Å². The van der Waals surface area contributed by atoms with Crippen LogP contribution in [-0.2, 0) is 6.54 Å². The molecule has 2 rings (SSSR count). The second-order valence-electron chi connectivity index (χ2n) is 5.26. The van der Waals surface area contributed by atoms with Gasteiger partial charge in [0.15, 0.2) is 0 Å². The normalized spacial score (nSPS) is 23.8. The van der Waals surface area contributed by atoms with Crippen LogP contribution in [0.1, 0.15) is 31.4 Å². The summed E-state index contributed by atoms with van der Waals surface area (Å²) in [5.41, 5.74) is 2.97. The highest BCUT2D eigenvalue weighted by molar-refractivity contribution is 7.08. The Labute approximate surface area is 109 Å². The molecule has 1 aromatic rings. The van der Waals surface area contributed by atoms with E-state index in [1.165, 1.54) is 30.6 Å². The van der Waals surface area contributed by atoms with Gasteiger partial charge in [0, 0.05) is 32.2 Å². The third-order valence-corrected chi connectivity index (χ3v) is 4.89. The molecule has 0 saturated carbocycles. The van der Waals surface area contributed by atoms with Crippen molar-refractivity contribution in [2.75, 3.05) is 19.6 Å². The molecular formula is C14H24N2S. The van der Waals surface area contributed by atoms with Gasteiger partial charge in [0.1, 0.15) is 0 Å². The first-order valence-corrected chi connectivity index (χ1v) is 7.62. The maximum Gasteiger partial charge on any atom is 0.0245 e. The largest absolute Gasteiger partial charge is 0.311 e. The summed E-state index contributed by atoms with van der Waals surface area (Å²) in [6.45, 7) is 11.5. The number of piperazine rings is 1. The molecule has 0 amide bonds. The number of hydrogen-bond donors (Lipinski definition) is 1. The molecule has 0 aliphatic carbocycles. The van der Waals surface area contributed by atoms with Gasteiger partial charge in [-0.3, -0.25) is 4.90 Å². The maximum atomic E-state index is 3.65. The van der Waals surface area contributed by atoms with Crippen molar-refractivity contribution in [3.8, 4) is 0 Å². The molecule has 2 atom stereocenters. The second kappa shape index (κ2) is 5.98. The van der Waals surface area contributed by atoms with Crippen LogP contribution in [-0.4, -0.2) is 30.6 Å². The number of rotatable bonds is 4. The topological polar surface area (TPSA) is 15.3 Å². The third-order valence-electron chi connectivity index (χ3n) is 3.98. The fourth-order valence-electron chi connectivity index (χ4n) is 2.44. The monoisotopic (exact) mass is 252 g/mol. The van der Waals surface area contributed by atoms with E-state index in [0.717, 1.165) is 19.0 Å². The van der Waals surface area contributed by atoms with E-state index in [0.29, 0.717) is 6.04 Å². The molecule has 1 saturated heterocycles. The lowest BCUT2D eigenvalue weighted by Gasteiger charge is -2.36. The summed E-state index contributed by atoms with van der Waals surface area (Å²) in [6, 6.07) is 0.674. The van der Waals surface area contributed by atoms with Gasteiger partial charge in [0.2, 0.25) is 0 Å². The van der Waals surface area contributed by atoms with E-state index in [2.05, 4.69) is 41.7 Å². The van der Waals surface area contributed by atoms with Crippen LogP contribution in [0.5, 0.6) is 0 Å². The Hall–Kier alpha value is -0.380. The van der Waals surface area contributed by atoms with Crippen LogP contribution in [0.2, 0.25) is 0 Å². The predicted molar refractivity (Wildman–Crippen MR) is 75.6 cm³/mol. The molecule has 96 valence electrons. The van der Waals surface area contributed by atoms with Crippen LogP contribution in [0, 0.1) is 12.8 Å². The minimum absolute atomic E-state index is 0.674. The smallest absolute Gasteiger partial charge is 0.0245 e. The molecule has 17 heavy (non-hydrogen) atoms. The molecule has 1 aliphatic heterocycles. The van der Waals surface area contributed by atoms with Gasteiger partial charge in [-0.15, -0.1) is 0 Å². The third kappa shape index (κ3) is 3.30. The quantitative estimate of drug-likeness (QED) is 0.886. The van der Waals surface area contributed by atoms with E-state index >= 15 is 0 Å². The van der Waals surface area contributed by atoms with E-state index in [9.17, 15) is 0 Å². The number of nitrogens with one attached hydrogen (secondary N) is 1. The Bertz CT molecular complexity index is 348. The first-order valence-electron chi connectivity index (χ1n) is 6.68. The summed E-state index contributed by atoms with van der Waals surface area (Å²) >= 11 is 1.82. The van der Waals surface area contributed by atoms with Crippen LogP contribution in [0.25, 0.3) is 0 Å². The number of hydrogen-bond acceptors (Lipinski definition) is 3. The SMILES string of the molecule is CCC(C)C1CN(Cc2cscc2C)CCN1. The highest BCUT2D eigenvalue weighted by atomic mass is 32.1. The van der Waals surface area contributed by atoms with Crippen molar-refractivity contribution in [3.05, 3.63) is 21.9 Å². The van der Waals surface area contributed by atoms with Crippen molar-refractivity contribution >= 4 is 11.3 Å². The Morgan fingerprint density at radius 1 is 1.53 bits per heavy atom. The molecule has 0 radical (unpaired) electrons. The first-order chi connectivity index (χ1) is 8.20. The molecule has 3 heteroatoms. The lowest BCUT2D eigenvalue weighted by Crippen LogP contribution is -2.52. The van der Waals surface area contributed by atoms with Crippen molar-refractivity contribution in [3.63, 3.8) is 0 Å². The summed E-state index contributed by atoms with van der Waals surface area (Å²) in [5.74, 6) is 0.779. The van der Waals surface area contributed by atoms with Gasteiger partial charge < -0.3 is 5.32 Å². The summed E-state index contributed by atoms with van der Waals surface area (Å²) < 4.78 is 0. The average molecular weight is 252 g/mol. The molecule has 2 nitrogen and oxygen atoms in total. The molecule has 2 unspecified atom stereocenters. The summed E-state index contributed by atoms with van der Waals surface area (Å²) in [6.07, 6.45) is 1.27. The van der Waals surface area contributed by atoms with Crippen LogP contribution in [0.15, 0.2) is 10.8 Å². The minimum atomic E-state index is 0.674. The van der Waals surface area contributed by atoms with Crippen LogP contribution in [0.4, 0.5) is 0 Å². The number of thiophene rings is 1. The molecule has 1 fully saturated rings. The lowest BCUT2D eigenvalue weighted by atomic mass is 9.97. The van der Waals surface area contributed by atoms with Gasteiger partial charge in [-0.05, 0) is 34.7 Å². The Balaban J connectivity index is 1.91. The Morgan fingerprint density at radius 3 is 3.00 bits per heavy atom. The summed E-state index contributed by atoms with van der Waals surface area (Å²) in [4.78, 5) is 2.60. The highest BCUT2D eigenvalue weighted by Crippen LogP contribution is 2.18. The lowest BCUT2D eigenvalue weighted by molar-refractivity contribution is 0.162. The molecule has 0 spiro atoms. The van der Waals surface area contributed by atoms with Crippen LogP contribution >= 0.6 is 11.3 Å². The van der Waals surface area contributed by atoms with Gasteiger partial charge >= 0.3 is 0 Å². The molecule has 1 N–H and O–H groups in total. The van der Waals surface area contributed by atoms with Crippen LogP contribution < -0.4 is 5.32 Å². The van der Waals surface area contributed by atoms with E-state index in [1.54, 1.807) is 0 Å². The van der Waals surface area contributed by atoms with Gasteiger partial charge in [0.05, 0.1) is 0 Å². The first kappa shape index (κ1) is 13.1. The average Bonchev–Trinajstić information content (AvgIpc) is 2.74. The molecule has 1 aromatic heterocycles. The summed E-state index contributed by atoms with van der Waals surface area (Å²) in [7, 11) is 0. The van der Waals surface area contributed by atoms with E-state index in [4.69, 9.17) is 0 Å².